The summed E-state index contributed by atoms with van der Waals surface area (Å²) in [7, 11) is 0. The van der Waals surface area contributed by atoms with Crippen LogP contribution < -0.4 is 5.73 Å². The van der Waals surface area contributed by atoms with E-state index >= 15 is 0 Å². The molecule has 0 amide bonds. The lowest BCUT2D eigenvalue weighted by atomic mass is 10.2. The fourth-order valence-corrected chi connectivity index (χ4v) is 2.02. The van der Waals surface area contributed by atoms with E-state index in [0.717, 1.165) is 5.69 Å². The van der Waals surface area contributed by atoms with Crippen molar-refractivity contribution in [2.24, 2.45) is 4.99 Å². The van der Waals surface area contributed by atoms with Gasteiger partial charge < -0.3 is 10.5 Å². The molecule has 20 heavy (non-hydrogen) atoms. The Hall–Kier alpha value is -2.70. The maximum atomic E-state index is 7.82. The van der Waals surface area contributed by atoms with Gasteiger partial charge >= 0.3 is 0 Å². The highest BCUT2D eigenvalue weighted by molar-refractivity contribution is 6.45. The van der Waals surface area contributed by atoms with Crippen molar-refractivity contribution >= 4 is 17.4 Å². The third-order valence-corrected chi connectivity index (χ3v) is 2.88. The lowest BCUT2D eigenvalue weighted by molar-refractivity contribution is 0.121. The standard InChI is InChI=1S/C13H14N6O/c1-13(2)16-10(12(15)20-13)9-11(14)19(18-17-9)8-6-4-3-5-7-8/h3-7,15H,14H2,1-2H3. The average Bonchev–Trinajstić information content (AvgIpc) is 2.90. The van der Waals surface area contributed by atoms with E-state index in [-0.39, 0.29) is 5.90 Å². The van der Waals surface area contributed by atoms with Gasteiger partial charge in [-0.1, -0.05) is 23.4 Å². The number of aliphatic imine (C=N–C) groups is 1. The van der Waals surface area contributed by atoms with Gasteiger partial charge in [0.1, 0.15) is 0 Å². The quantitative estimate of drug-likeness (QED) is 0.860. The van der Waals surface area contributed by atoms with E-state index in [1.807, 2.05) is 30.3 Å². The largest absolute Gasteiger partial charge is 0.448 e. The lowest BCUT2D eigenvalue weighted by Crippen LogP contribution is -2.18. The van der Waals surface area contributed by atoms with Crippen LogP contribution in [0, 0.1) is 5.41 Å². The van der Waals surface area contributed by atoms with Crippen LogP contribution in [0.2, 0.25) is 0 Å². The number of nitrogens with zero attached hydrogens (tertiary/aromatic N) is 4. The fourth-order valence-electron chi connectivity index (χ4n) is 2.02. The molecule has 0 unspecified atom stereocenters. The summed E-state index contributed by atoms with van der Waals surface area (Å²) in [6, 6.07) is 9.42. The van der Waals surface area contributed by atoms with Gasteiger partial charge in [0.05, 0.1) is 5.69 Å². The molecular formula is C13H14N6O. The first kappa shape index (κ1) is 12.3. The number of hydrogen-bond donors (Lipinski definition) is 2. The number of ether oxygens (including phenoxy) is 1. The molecule has 1 aromatic heterocycles. The minimum absolute atomic E-state index is 0.0400. The number of nitrogens with one attached hydrogen (secondary N) is 1. The topological polar surface area (TPSA) is 102 Å². The van der Waals surface area contributed by atoms with Crippen molar-refractivity contribution in [1.82, 2.24) is 15.0 Å². The Morgan fingerprint density at radius 2 is 1.95 bits per heavy atom. The Balaban J connectivity index is 2.06. The molecule has 0 fully saturated rings. The number of anilines is 1. The molecule has 1 aromatic carbocycles. The number of aromatic nitrogens is 3. The first-order valence-electron chi connectivity index (χ1n) is 6.13. The molecule has 0 aliphatic carbocycles. The molecule has 0 spiro atoms. The number of hydrogen-bond acceptors (Lipinski definition) is 6. The SMILES string of the molecule is CC1(C)N=C(c2nnn(-c3ccccc3)c2N)C(=N)O1. The first-order chi connectivity index (χ1) is 9.48. The zero-order valence-electron chi connectivity index (χ0n) is 11.2. The Morgan fingerprint density at radius 3 is 2.55 bits per heavy atom. The maximum absolute atomic E-state index is 7.82. The molecule has 1 aliphatic rings. The van der Waals surface area contributed by atoms with Crippen LogP contribution in [0.5, 0.6) is 0 Å². The van der Waals surface area contributed by atoms with Gasteiger partial charge in [-0.2, -0.15) is 4.68 Å². The van der Waals surface area contributed by atoms with Crippen LogP contribution in [0.25, 0.3) is 5.69 Å². The number of para-hydroxylation sites is 1. The second kappa shape index (κ2) is 4.16. The minimum Gasteiger partial charge on any atom is -0.448 e. The smallest absolute Gasteiger partial charge is 0.236 e. The summed E-state index contributed by atoms with van der Waals surface area (Å²) in [4.78, 5) is 4.31. The van der Waals surface area contributed by atoms with Gasteiger partial charge in [-0.15, -0.1) is 5.10 Å². The zero-order chi connectivity index (χ0) is 14.3. The van der Waals surface area contributed by atoms with Gasteiger partial charge in [-0.05, 0) is 26.0 Å². The molecule has 1 aliphatic heterocycles. The van der Waals surface area contributed by atoms with Crippen molar-refractivity contribution in [3.05, 3.63) is 36.0 Å². The molecule has 7 heteroatoms. The zero-order valence-corrected chi connectivity index (χ0v) is 11.2. The molecule has 3 rings (SSSR count). The van der Waals surface area contributed by atoms with Crippen LogP contribution in [0.4, 0.5) is 5.82 Å². The molecule has 0 atom stereocenters. The second-order valence-electron chi connectivity index (χ2n) is 4.91. The predicted molar refractivity (Wildman–Crippen MR) is 75.2 cm³/mol. The normalized spacial score (nSPS) is 16.9. The van der Waals surface area contributed by atoms with Crippen LogP contribution in [-0.4, -0.2) is 32.3 Å². The van der Waals surface area contributed by atoms with Gasteiger partial charge in [0, 0.05) is 0 Å². The number of nitrogen functional groups attached to an aromatic ring is 1. The van der Waals surface area contributed by atoms with Gasteiger partial charge in [0.15, 0.2) is 22.9 Å². The molecule has 3 N–H and O–H groups in total. The van der Waals surface area contributed by atoms with Crippen molar-refractivity contribution in [3.63, 3.8) is 0 Å². The summed E-state index contributed by atoms with van der Waals surface area (Å²) in [6.07, 6.45) is 0. The summed E-state index contributed by atoms with van der Waals surface area (Å²) in [6.45, 7) is 3.54. The fraction of sp³-hybridized carbons (Fsp3) is 0.231. The molecule has 102 valence electrons. The number of benzene rings is 1. The molecule has 2 aromatic rings. The van der Waals surface area contributed by atoms with Crippen LogP contribution in [0.15, 0.2) is 35.3 Å². The summed E-state index contributed by atoms with van der Waals surface area (Å²) >= 11 is 0. The van der Waals surface area contributed by atoms with Crippen molar-refractivity contribution in [2.75, 3.05) is 5.73 Å². The average molecular weight is 270 g/mol. The van der Waals surface area contributed by atoms with Crippen molar-refractivity contribution < 1.29 is 4.74 Å². The monoisotopic (exact) mass is 270 g/mol. The van der Waals surface area contributed by atoms with Crippen LogP contribution >= 0.6 is 0 Å². The first-order valence-corrected chi connectivity index (χ1v) is 6.13. The third-order valence-electron chi connectivity index (χ3n) is 2.88. The van der Waals surface area contributed by atoms with E-state index in [9.17, 15) is 0 Å². The Kier molecular flexibility index (Phi) is 2.56. The summed E-state index contributed by atoms with van der Waals surface area (Å²) in [5.74, 6) is 0.294. The van der Waals surface area contributed by atoms with Crippen molar-refractivity contribution in [3.8, 4) is 5.69 Å². The highest BCUT2D eigenvalue weighted by Gasteiger charge is 2.34. The summed E-state index contributed by atoms with van der Waals surface area (Å²) in [5.41, 5.74) is 6.80. The van der Waals surface area contributed by atoms with Crippen molar-refractivity contribution in [1.29, 1.82) is 5.41 Å². The maximum Gasteiger partial charge on any atom is 0.236 e. The molecular weight excluding hydrogens is 256 g/mol. The van der Waals surface area contributed by atoms with E-state index in [0.29, 0.717) is 17.2 Å². The molecule has 7 nitrogen and oxygen atoms in total. The number of rotatable bonds is 2. The van der Waals surface area contributed by atoms with E-state index in [1.54, 1.807) is 13.8 Å². The third kappa shape index (κ3) is 1.93. The van der Waals surface area contributed by atoms with E-state index < -0.39 is 5.72 Å². The van der Waals surface area contributed by atoms with E-state index in [2.05, 4.69) is 15.3 Å². The van der Waals surface area contributed by atoms with Gasteiger partial charge in [0.2, 0.25) is 5.90 Å². The van der Waals surface area contributed by atoms with Crippen LogP contribution in [-0.2, 0) is 4.74 Å². The predicted octanol–water partition coefficient (Wildman–Crippen LogP) is 1.38. The lowest BCUT2D eigenvalue weighted by Gasteiger charge is -2.12. The summed E-state index contributed by atoms with van der Waals surface area (Å²) < 4.78 is 6.84. The van der Waals surface area contributed by atoms with Gasteiger partial charge in [0.25, 0.3) is 0 Å². The van der Waals surface area contributed by atoms with E-state index in [1.165, 1.54) is 4.68 Å². The summed E-state index contributed by atoms with van der Waals surface area (Å²) in [5, 5.41) is 15.9. The van der Waals surface area contributed by atoms with Crippen LogP contribution in [0.1, 0.15) is 19.5 Å². The number of nitrogens with two attached hydrogens (primary N) is 1. The highest BCUT2D eigenvalue weighted by atomic mass is 16.5. The Bertz CT molecular complexity index is 701. The second-order valence-corrected chi connectivity index (χ2v) is 4.91. The Morgan fingerprint density at radius 1 is 1.25 bits per heavy atom. The minimum atomic E-state index is -0.768. The molecule has 0 bridgehead atoms. The van der Waals surface area contributed by atoms with Gasteiger partial charge in [-0.3, -0.25) is 5.41 Å². The molecule has 0 saturated carbocycles. The van der Waals surface area contributed by atoms with Gasteiger partial charge in [-0.25, -0.2) is 4.99 Å². The molecule has 0 saturated heterocycles. The van der Waals surface area contributed by atoms with Crippen LogP contribution in [0.3, 0.4) is 0 Å². The molecule has 2 heterocycles. The van der Waals surface area contributed by atoms with E-state index in [4.69, 9.17) is 15.9 Å². The van der Waals surface area contributed by atoms with Crippen molar-refractivity contribution in [2.45, 2.75) is 19.6 Å². The highest BCUT2D eigenvalue weighted by Crippen LogP contribution is 2.24. The molecule has 0 radical (unpaired) electrons. The Labute approximate surface area is 115 Å².